The fraction of sp³-hybridized carbons (Fsp3) is 0.143. The summed E-state index contributed by atoms with van der Waals surface area (Å²) in [7, 11) is 1.73. The van der Waals surface area contributed by atoms with Crippen molar-refractivity contribution in [1.29, 1.82) is 0 Å². The molecule has 3 aromatic carbocycles. The number of benzene rings is 3. The zero-order valence-electron chi connectivity index (χ0n) is 18.9. The first-order chi connectivity index (χ1) is 15.8. The molecule has 0 aliphatic rings. The maximum absolute atomic E-state index is 13.9. The van der Waals surface area contributed by atoms with Gasteiger partial charge in [0.2, 0.25) is 5.91 Å². The molecule has 0 spiro atoms. The quantitative estimate of drug-likeness (QED) is 0.406. The fourth-order valence-electron chi connectivity index (χ4n) is 4.29. The predicted octanol–water partition coefficient (Wildman–Crippen LogP) is 5.68. The largest absolute Gasteiger partial charge is 0.323 e. The lowest BCUT2D eigenvalue weighted by molar-refractivity contribution is -0.111. The molecule has 166 valence electrons. The molecule has 1 amide bonds. The lowest BCUT2D eigenvalue weighted by Gasteiger charge is -2.17. The highest BCUT2D eigenvalue weighted by Crippen LogP contribution is 2.34. The summed E-state index contributed by atoms with van der Waals surface area (Å²) in [4.78, 5) is 24.6. The van der Waals surface area contributed by atoms with Crippen LogP contribution in [0.3, 0.4) is 0 Å². The minimum atomic E-state index is -0.302. The third-order valence-corrected chi connectivity index (χ3v) is 5.97. The molecule has 4 nitrogen and oxygen atoms in total. The number of pyridine rings is 1. The number of anilines is 1. The van der Waals surface area contributed by atoms with E-state index in [1.54, 1.807) is 23.7 Å². The average molecular weight is 441 g/mol. The standard InChI is InChI=1S/C28H25FN2O2/c1-5-27(32)30-21-11-10-19(14-24-17(2)12-20(29)13-18(24)3)25(15-21)26-16-31(4)28(33)23-9-7-6-8-22(23)26/h5-13,15-16H,1,14H2,2-4H3,(H,30,32). The second-order valence-electron chi connectivity index (χ2n) is 8.26. The zero-order valence-corrected chi connectivity index (χ0v) is 18.9. The minimum Gasteiger partial charge on any atom is -0.323 e. The van der Waals surface area contributed by atoms with Crippen molar-refractivity contribution in [2.75, 3.05) is 5.32 Å². The molecule has 5 heteroatoms. The number of halogens is 1. The summed E-state index contributed by atoms with van der Waals surface area (Å²) < 4.78 is 15.4. The number of hydrogen-bond donors (Lipinski definition) is 1. The summed E-state index contributed by atoms with van der Waals surface area (Å²) in [6, 6.07) is 16.3. The highest BCUT2D eigenvalue weighted by Gasteiger charge is 2.16. The fourth-order valence-corrected chi connectivity index (χ4v) is 4.29. The van der Waals surface area contributed by atoms with Crippen molar-refractivity contribution in [2.45, 2.75) is 20.3 Å². The topological polar surface area (TPSA) is 51.1 Å². The molecular formula is C28H25FN2O2. The summed E-state index contributed by atoms with van der Waals surface area (Å²) in [5.74, 6) is -0.551. The van der Waals surface area contributed by atoms with Crippen LogP contribution in [0.25, 0.3) is 21.9 Å². The van der Waals surface area contributed by atoms with Crippen molar-refractivity contribution in [3.63, 3.8) is 0 Å². The smallest absolute Gasteiger partial charge is 0.258 e. The molecule has 33 heavy (non-hydrogen) atoms. The summed E-state index contributed by atoms with van der Waals surface area (Å²) in [6.45, 7) is 7.33. The maximum Gasteiger partial charge on any atom is 0.258 e. The van der Waals surface area contributed by atoms with Gasteiger partial charge in [-0.3, -0.25) is 9.59 Å². The summed E-state index contributed by atoms with van der Waals surface area (Å²) in [6.07, 6.45) is 3.63. The molecule has 0 saturated carbocycles. The number of nitrogens with one attached hydrogen (secondary N) is 1. The molecule has 0 atom stereocenters. The van der Waals surface area contributed by atoms with Crippen LogP contribution in [0.4, 0.5) is 10.1 Å². The summed E-state index contributed by atoms with van der Waals surface area (Å²) >= 11 is 0. The number of hydrogen-bond acceptors (Lipinski definition) is 2. The van der Waals surface area contributed by atoms with Crippen LogP contribution >= 0.6 is 0 Å². The SMILES string of the molecule is C=CC(=O)Nc1ccc(Cc2c(C)cc(F)cc2C)c(-c2cn(C)c(=O)c3ccccc23)c1. The van der Waals surface area contributed by atoms with Crippen molar-refractivity contribution in [1.82, 2.24) is 4.57 Å². The number of carbonyl (C=O) groups excluding carboxylic acids is 1. The van der Waals surface area contributed by atoms with E-state index in [4.69, 9.17) is 0 Å². The Bertz CT molecular complexity index is 1440. The van der Waals surface area contributed by atoms with Gasteiger partial charge in [-0.05, 0) is 89.9 Å². The summed E-state index contributed by atoms with van der Waals surface area (Å²) in [5.41, 5.74) is 6.16. The van der Waals surface area contributed by atoms with E-state index in [0.29, 0.717) is 17.5 Å². The first kappa shape index (κ1) is 22.2. The van der Waals surface area contributed by atoms with Crippen LogP contribution in [0.1, 0.15) is 22.3 Å². The zero-order chi connectivity index (χ0) is 23.7. The molecule has 0 saturated heterocycles. The van der Waals surface area contributed by atoms with Gasteiger partial charge in [-0.1, -0.05) is 30.8 Å². The first-order valence-electron chi connectivity index (χ1n) is 10.7. The summed E-state index contributed by atoms with van der Waals surface area (Å²) in [5, 5.41) is 4.28. The van der Waals surface area contributed by atoms with Crippen LogP contribution in [0.15, 0.2) is 78.2 Å². The Morgan fingerprint density at radius 1 is 1.03 bits per heavy atom. The van der Waals surface area contributed by atoms with Gasteiger partial charge >= 0.3 is 0 Å². The van der Waals surface area contributed by atoms with Gasteiger partial charge in [0.1, 0.15) is 5.82 Å². The molecule has 0 unspecified atom stereocenters. The van der Waals surface area contributed by atoms with Crippen molar-refractivity contribution in [2.24, 2.45) is 7.05 Å². The first-order valence-corrected chi connectivity index (χ1v) is 10.7. The second kappa shape index (κ2) is 8.87. The number of aromatic nitrogens is 1. The van der Waals surface area contributed by atoms with E-state index in [9.17, 15) is 14.0 Å². The Kier molecular flexibility index (Phi) is 5.97. The Hall–Kier alpha value is -3.99. The molecule has 4 aromatic rings. The van der Waals surface area contributed by atoms with E-state index in [1.807, 2.05) is 62.5 Å². The number of nitrogens with zero attached hydrogens (tertiary/aromatic N) is 1. The Morgan fingerprint density at radius 3 is 2.36 bits per heavy atom. The third-order valence-electron chi connectivity index (χ3n) is 5.97. The van der Waals surface area contributed by atoms with E-state index in [0.717, 1.165) is 38.8 Å². The van der Waals surface area contributed by atoms with Crippen LogP contribution in [0, 0.1) is 19.7 Å². The number of amides is 1. The highest BCUT2D eigenvalue weighted by molar-refractivity contribution is 6.01. The van der Waals surface area contributed by atoms with E-state index in [1.165, 1.54) is 6.08 Å². The van der Waals surface area contributed by atoms with Gasteiger partial charge in [-0.25, -0.2) is 4.39 Å². The number of fused-ring (bicyclic) bond motifs is 1. The van der Waals surface area contributed by atoms with Crippen molar-refractivity contribution in [3.8, 4) is 11.1 Å². The normalized spacial score (nSPS) is 10.9. The van der Waals surface area contributed by atoms with E-state index < -0.39 is 0 Å². The van der Waals surface area contributed by atoms with Gasteiger partial charge in [0, 0.05) is 29.9 Å². The molecule has 0 aliphatic heterocycles. The van der Waals surface area contributed by atoms with Crippen molar-refractivity contribution < 1.29 is 9.18 Å². The Morgan fingerprint density at radius 2 is 1.70 bits per heavy atom. The lowest BCUT2D eigenvalue weighted by atomic mass is 9.89. The van der Waals surface area contributed by atoms with Gasteiger partial charge < -0.3 is 9.88 Å². The van der Waals surface area contributed by atoms with E-state index in [-0.39, 0.29) is 17.3 Å². The molecule has 0 radical (unpaired) electrons. The van der Waals surface area contributed by atoms with Gasteiger partial charge in [-0.15, -0.1) is 0 Å². The molecular weight excluding hydrogens is 415 g/mol. The average Bonchev–Trinajstić information content (AvgIpc) is 2.79. The third kappa shape index (κ3) is 4.35. The van der Waals surface area contributed by atoms with Crippen molar-refractivity contribution >= 4 is 22.4 Å². The molecule has 1 heterocycles. The van der Waals surface area contributed by atoms with E-state index >= 15 is 0 Å². The number of aryl methyl sites for hydroxylation is 3. The van der Waals surface area contributed by atoms with Gasteiger partial charge in [0.25, 0.3) is 5.56 Å². The van der Waals surface area contributed by atoms with E-state index in [2.05, 4.69) is 11.9 Å². The lowest BCUT2D eigenvalue weighted by Crippen LogP contribution is -2.16. The van der Waals surface area contributed by atoms with Crippen LogP contribution in [0.5, 0.6) is 0 Å². The predicted molar refractivity (Wildman–Crippen MR) is 132 cm³/mol. The molecule has 0 aliphatic carbocycles. The Labute approximate surface area is 192 Å². The Balaban J connectivity index is 1.96. The molecule has 0 fully saturated rings. The van der Waals surface area contributed by atoms with Crippen molar-refractivity contribution in [3.05, 3.63) is 112 Å². The number of rotatable bonds is 5. The van der Waals surface area contributed by atoms with Gasteiger partial charge in [0.05, 0.1) is 0 Å². The minimum absolute atomic E-state index is 0.0720. The number of carbonyl (C=O) groups is 1. The highest BCUT2D eigenvalue weighted by atomic mass is 19.1. The van der Waals surface area contributed by atoms with Crippen LogP contribution in [-0.4, -0.2) is 10.5 Å². The molecule has 1 N–H and O–H groups in total. The molecule has 4 rings (SSSR count). The maximum atomic E-state index is 13.9. The van der Waals surface area contributed by atoms with Crippen LogP contribution < -0.4 is 10.9 Å². The van der Waals surface area contributed by atoms with Crippen LogP contribution in [-0.2, 0) is 18.3 Å². The van der Waals surface area contributed by atoms with Gasteiger partial charge in [-0.2, -0.15) is 0 Å². The molecule has 1 aromatic heterocycles. The molecule has 0 bridgehead atoms. The monoisotopic (exact) mass is 440 g/mol. The van der Waals surface area contributed by atoms with Gasteiger partial charge in [0.15, 0.2) is 0 Å². The van der Waals surface area contributed by atoms with Crippen LogP contribution in [0.2, 0.25) is 0 Å². The second-order valence-corrected chi connectivity index (χ2v) is 8.26.